The van der Waals surface area contributed by atoms with Crippen LogP contribution in [0.4, 0.5) is 11.4 Å². The molecule has 2 aromatic rings. The molecule has 0 saturated heterocycles. The topological polar surface area (TPSA) is 118 Å². The van der Waals surface area contributed by atoms with E-state index in [-0.39, 0.29) is 16.3 Å². The molecule has 1 N–H and O–H groups in total. The minimum atomic E-state index is -4.37. The van der Waals surface area contributed by atoms with Crippen LogP contribution in [-0.4, -0.2) is 37.8 Å². The lowest BCUT2D eigenvalue weighted by Gasteiger charge is -2.22. The highest BCUT2D eigenvalue weighted by Crippen LogP contribution is 2.28. The van der Waals surface area contributed by atoms with E-state index in [0.29, 0.717) is 3.71 Å². The summed E-state index contributed by atoms with van der Waals surface area (Å²) in [5.74, 6) is 0. The monoisotopic (exact) mass is 418 g/mol. The summed E-state index contributed by atoms with van der Waals surface area (Å²) >= 11 is 0. The first-order chi connectivity index (χ1) is 11.8. The van der Waals surface area contributed by atoms with Crippen molar-refractivity contribution < 1.29 is 25.3 Å². The van der Waals surface area contributed by atoms with Crippen molar-refractivity contribution in [3.63, 3.8) is 0 Å². The van der Waals surface area contributed by atoms with Gasteiger partial charge in [-0.25, -0.2) is 25.3 Å². The van der Waals surface area contributed by atoms with Crippen LogP contribution in [0, 0.1) is 6.92 Å². The van der Waals surface area contributed by atoms with Gasteiger partial charge in [0.1, 0.15) is 0 Å². The van der Waals surface area contributed by atoms with E-state index in [1.54, 1.807) is 19.1 Å². The summed E-state index contributed by atoms with van der Waals surface area (Å²) < 4.78 is 75.0. The fourth-order valence-electron chi connectivity index (χ4n) is 2.18. The Balaban J connectivity index is 2.54. The number of hydrogen-bond donors (Lipinski definition) is 1. The second-order valence-corrected chi connectivity index (χ2v) is 11.3. The van der Waals surface area contributed by atoms with Gasteiger partial charge in [-0.2, -0.15) is 3.71 Å². The molecule has 0 heterocycles. The molecule has 0 saturated carbocycles. The predicted octanol–water partition coefficient (Wildman–Crippen LogP) is 1.52. The summed E-state index contributed by atoms with van der Waals surface area (Å²) in [7, 11) is -12.1. The number of rotatable bonds is 6. The number of sulfonamides is 3. The van der Waals surface area contributed by atoms with Crippen LogP contribution in [0.5, 0.6) is 0 Å². The smallest absolute Gasteiger partial charge is 0.277 e. The van der Waals surface area contributed by atoms with Gasteiger partial charge in [-0.3, -0.25) is 4.72 Å². The van der Waals surface area contributed by atoms with E-state index in [2.05, 4.69) is 4.72 Å². The van der Waals surface area contributed by atoms with Gasteiger partial charge >= 0.3 is 0 Å². The van der Waals surface area contributed by atoms with Gasteiger partial charge in [-0.1, -0.05) is 17.7 Å². The molecule has 0 radical (unpaired) electrons. The Labute approximate surface area is 153 Å². The lowest BCUT2D eigenvalue weighted by molar-refractivity contribution is 0.587. The van der Waals surface area contributed by atoms with Crippen LogP contribution < -0.4 is 8.43 Å². The summed E-state index contributed by atoms with van der Waals surface area (Å²) in [5.41, 5.74) is 0.871. The van der Waals surface area contributed by atoms with Gasteiger partial charge in [0.2, 0.25) is 20.0 Å². The van der Waals surface area contributed by atoms with Crippen molar-refractivity contribution in [3.8, 4) is 0 Å². The van der Waals surface area contributed by atoms with Crippen LogP contribution in [0.25, 0.3) is 0 Å². The third kappa shape index (κ3) is 4.74. The molecule has 8 nitrogen and oxygen atoms in total. The zero-order valence-corrected chi connectivity index (χ0v) is 16.7. The molecule has 0 aliphatic carbocycles. The van der Waals surface area contributed by atoms with E-state index < -0.39 is 30.1 Å². The van der Waals surface area contributed by atoms with Crippen LogP contribution >= 0.6 is 0 Å². The molecule has 0 aliphatic rings. The second-order valence-electron chi connectivity index (χ2n) is 5.70. The molecule has 0 aliphatic heterocycles. The van der Waals surface area contributed by atoms with Crippen molar-refractivity contribution in [1.82, 2.24) is 0 Å². The normalized spacial score (nSPS) is 12.6. The maximum absolute atomic E-state index is 12.8. The first-order valence-electron chi connectivity index (χ1n) is 7.21. The number of nitrogens with one attached hydrogen (secondary N) is 1. The first-order valence-corrected chi connectivity index (χ1v) is 12.4. The average molecular weight is 419 g/mol. The fraction of sp³-hybridized carbons (Fsp3) is 0.200. The van der Waals surface area contributed by atoms with Gasteiger partial charge in [-0.05, 0) is 43.3 Å². The molecule has 2 rings (SSSR count). The minimum absolute atomic E-state index is 0.132. The molecule has 0 atom stereocenters. The molecule has 0 unspecified atom stereocenters. The third-order valence-corrected chi connectivity index (χ3v) is 7.56. The minimum Gasteiger partial charge on any atom is -0.284 e. The van der Waals surface area contributed by atoms with Crippen LogP contribution in [0.3, 0.4) is 0 Å². The largest absolute Gasteiger partial charge is 0.284 e. The quantitative estimate of drug-likeness (QED) is 0.760. The van der Waals surface area contributed by atoms with Crippen LogP contribution in [0.1, 0.15) is 5.56 Å². The molecule has 26 heavy (non-hydrogen) atoms. The SMILES string of the molecule is Cc1ccc(S(=O)(=O)N(c2ccc(NS(C)(=O)=O)cc2)S(C)(=O)=O)cc1. The van der Waals surface area contributed by atoms with Crippen molar-refractivity contribution in [3.05, 3.63) is 54.1 Å². The molecule has 0 spiro atoms. The van der Waals surface area contributed by atoms with Crippen molar-refractivity contribution in [2.75, 3.05) is 20.9 Å². The molecule has 2 aromatic carbocycles. The van der Waals surface area contributed by atoms with E-state index in [1.165, 1.54) is 36.4 Å². The summed E-state index contributed by atoms with van der Waals surface area (Å²) in [6.07, 6.45) is 1.74. The van der Waals surface area contributed by atoms with E-state index >= 15 is 0 Å². The lowest BCUT2D eigenvalue weighted by atomic mass is 10.2. The zero-order valence-electron chi connectivity index (χ0n) is 14.2. The van der Waals surface area contributed by atoms with E-state index in [4.69, 9.17) is 0 Å². The summed E-state index contributed by atoms with van der Waals surface area (Å²) in [5, 5.41) is 0. The van der Waals surface area contributed by atoms with Gasteiger partial charge in [0.25, 0.3) is 10.0 Å². The zero-order chi connectivity index (χ0) is 19.8. The number of hydrogen-bond acceptors (Lipinski definition) is 6. The van der Waals surface area contributed by atoms with Crippen molar-refractivity contribution >= 4 is 41.4 Å². The maximum Gasteiger partial charge on any atom is 0.277 e. The predicted molar refractivity (Wildman–Crippen MR) is 101 cm³/mol. The lowest BCUT2D eigenvalue weighted by Crippen LogP contribution is -2.36. The number of anilines is 2. The van der Waals surface area contributed by atoms with Gasteiger partial charge < -0.3 is 0 Å². The molecule has 0 fully saturated rings. The number of benzene rings is 2. The average Bonchev–Trinajstić information content (AvgIpc) is 2.46. The van der Waals surface area contributed by atoms with E-state index in [1.807, 2.05) is 0 Å². The molecule has 142 valence electrons. The Morgan fingerprint density at radius 2 is 1.27 bits per heavy atom. The van der Waals surface area contributed by atoms with Gasteiger partial charge in [-0.15, -0.1) is 0 Å². The van der Waals surface area contributed by atoms with Crippen molar-refractivity contribution in [2.24, 2.45) is 0 Å². The summed E-state index contributed by atoms with van der Waals surface area (Å²) in [6, 6.07) is 10.7. The Hall–Kier alpha value is -2.11. The standard InChI is InChI=1S/C15H18N2O6S3/c1-12-4-10-15(11-5-12)26(22,23)17(25(3,20)21)14-8-6-13(7-9-14)16-24(2,18)19/h4-11,16H,1-3H3. The number of nitrogens with zero attached hydrogens (tertiary/aromatic N) is 1. The fourth-order valence-corrected chi connectivity index (χ4v) is 6.00. The summed E-state index contributed by atoms with van der Waals surface area (Å²) in [6.45, 7) is 1.78. The van der Waals surface area contributed by atoms with Crippen LogP contribution in [0.15, 0.2) is 53.4 Å². The highest BCUT2D eigenvalue weighted by atomic mass is 32.3. The molecule has 0 bridgehead atoms. The third-order valence-electron chi connectivity index (χ3n) is 3.22. The Bertz CT molecular complexity index is 1100. The molecule has 11 heteroatoms. The van der Waals surface area contributed by atoms with Crippen molar-refractivity contribution in [1.29, 1.82) is 0 Å². The Morgan fingerprint density at radius 3 is 1.69 bits per heavy atom. The van der Waals surface area contributed by atoms with Crippen LogP contribution in [-0.2, 0) is 30.1 Å². The summed E-state index contributed by atoms with van der Waals surface area (Å²) in [4.78, 5) is -0.174. The molecular weight excluding hydrogens is 400 g/mol. The van der Waals surface area contributed by atoms with E-state index in [0.717, 1.165) is 18.1 Å². The van der Waals surface area contributed by atoms with Gasteiger partial charge in [0.05, 0.1) is 23.1 Å². The first kappa shape index (κ1) is 20.2. The Kier molecular flexibility index (Phi) is 5.36. The number of aryl methyl sites for hydroxylation is 1. The van der Waals surface area contributed by atoms with Gasteiger partial charge in [0.15, 0.2) is 0 Å². The van der Waals surface area contributed by atoms with Crippen LogP contribution in [0.2, 0.25) is 0 Å². The molecule has 0 aromatic heterocycles. The Morgan fingerprint density at radius 1 is 0.769 bits per heavy atom. The van der Waals surface area contributed by atoms with E-state index in [9.17, 15) is 25.3 Å². The highest BCUT2D eigenvalue weighted by molar-refractivity contribution is 8.10. The van der Waals surface area contributed by atoms with Crippen molar-refractivity contribution in [2.45, 2.75) is 11.8 Å². The second kappa shape index (κ2) is 6.89. The van der Waals surface area contributed by atoms with Gasteiger partial charge in [0, 0.05) is 5.69 Å². The maximum atomic E-state index is 12.8. The highest BCUT2D eigenvalue weighted by Gasteiger charge is 2.32. The molecular formula is C15H18N2O6S3. The molecule has 0 amide bonds.